The predicted octanol–water partition coefficient (Wildman–Crippen LogP) is 2.59. The highest BCUT2D eigenvalue weighted by molar-refractivity contribution is 5.27. The van der Waals surface area contributed by atoms with Gasteiger partial charge in [0.2, 0.25) is 0 Å². The van der Waals surface area contributed by atoms with Crippen LogP contribution in [0.15, 0.2) is 47.5 Å². The molecule has 0 amide bonds. The molecule has 4 heteroatoms. The first-order valence-corrected chi connectivity index (χ1v) is 5.12. The Bertz CT molecular complexity index is 445. The topological polar surface area (TPSA) is 55.0 Å². The van der Waals surface area contributed by atoms with E-state index in [1.165, 1.54) is 12.4 Å². The monoisotopic (exact) mass is 218 g/mol. The Labute approximate surface area is 93.9 Å². The first-order chi connectivity index (χ1) is 7.84. The molecule has 0 fully saturated rings. The molecule has 0 saturated heterocycles. The normalized spacial score (nSPS) is 8.88. The lowest BCUT2D eigenvalue weighted by molar-refractivity contribution is 0.476. The highest BCUT2D eigenvalue weighted by Crippen LogP contribution is 2.17. The van der Waals surface area contributed by atoms with Gasteiger partial charge < -0.3 is 9.72 Å². The van der Waals surface area contributed by atoms with E-state index >= 15 is 0 Å². The summed E-state index contributed by atoms with van der Waals surface area (Å²) in [6, 6.07) is 9.29. The van der Waals surface area contributed by atoms with Crippen molar-refractivity contribution in [1.82, 2.24) is 9.97 Å². The standard InChI is InChI=1S/C10H8N2O2.C2H6/c13-10-11-6-9(7-12-10)14-8-4-2-1-3-5-8;1-2/h1-7H,(H,11,12,13);1-2H3. The third kappa shape index (κ3) is 3.57. The minimum atomic E-state index is -0.384. The van der Waals surface area contributed by atoms with Crippen LogP contribution in [0.4, 0.5) is 0 Å². The lowest BCUT2D eigenvalue weighted by Crippen LogP contribution is -2.07. The van der Waals surface area contributed by atoms with E-state index in [0.29, 0.717) is 11.5 Å². The molecule has 84 valence electrons. The van der Waals surface area contributed by atoms with Crippen LogP contribution in [-0.2, 0) is 0 Å². The quantitative estimate of drug-likeness (QED) is 0.842. The number of hydrogen-bond acceptors (Lipinski definition) is 3. The van der Waals surface area contributed by atoms with Crippen molar-refractivity contribution in [3.05, 3.63) is 53.2 Å². The van der Waals surface area contributed by atoms with Crippen molar-refractivity contribution < 1.29 is 4.74 Å². The molecule has 4 nitrogen and oxygen atoms in total. The number of nitrogens with one attached hydrogen (secondary N) is 1. The van der Waals surface area contributed by atoms with E-state index in [0.717, 1.165) is 0 Å². The first-order valence-electron chi connectivity index (χ1n) is 5.12. The molecule has 16 heavy (non-hydrogen) atoms. The number of ether oxygens (including phenoxy) is 1. The van der Waals surface area contributed by atoms with Crippen molar-refractivity contribution >= 4 is 0 Å². The molecule has 0 aliphatic carbocycles. The van der Waals surface area contributed by atoms with Gasteiger partial charge in [0.05, 0.1) is 12.4 Å². The molecule has 0 aliphatic heterocycles. The van der Waals surface area contributed by atoms with E-state index in [1.54, 1.807) is 0 Å². The molecule has 2 rings (SSSR count). The first kappa shape index (κ1) is 12.0. The molecule has 0 aliphatic rings. The highest BCUT2D eigenvalue weighted by Gasteiger charge is 1.95. The van der Waals surface area contributed by atoms with E-state index in [1.807, 2.05) is 44.2 Å². The van der Waals surface area contributed by atoms with Crippen LogP contribution in [0.5, 0.6) is 11.5 Å². The molecule has 0 spiro atoms. The number of para-hydroxylation sites is 1. The Morgan fingerprint density at radius 3 is 2.38 bits per heavy atom. The highest BCUT2D eigenvalue weighted by atomic mass is 16.5. The van der Waals surface area contributed by atoms with Crippen LogP contribution in [0.3, 0.4) is 0 Å². The number of rotatable bonds is 2. The predicted molar refractivity (Wildman–Crippen MR) is 62.7 cm³/mol. The second-order valence-corrected chi connectivity index (χ2v) is 2.67. The summed E-state index contributed by atoms with van der Waals surface area (Å²) >= 11 is 0. The Morgan fingerprint density at radius 2 is 1.81 bits per heavy atom. The van der Waals surface area contributed by atoms with Crippen LogP contribution >= 0.6 is 0 Å². The summed E-state index contributed by atoms with van der Waals surface area (Å²) < 4.78 is 5.40. The SMILES string of the molecule is CC.O=c1ncc(Oc2ccccc2)c[nH]1. The molecule has 1 aromatic heterocycles. The Kier molecular flexibility index (Phi) is 4.79. The van der Waals surface area contributed by atoms with Gasteiger partial charge in [-0.2, -0.15) is 4.98 Å². The van der Waals surface area contributed by atoms with Gasteiger partial charge in [0.15, 0.2) is 5.75 Å². The van der Waals surface area contributed by atoms with Crippen LogP contribution < -0.4 is 10.4 Å². The second-order valence-electron chi connectivity index (χ2n) is 2.67. The molecule has 1 aromatic carbocycles. The number of aromatic nitrogens is 2. The van der Waals surface area contributed by atoms with Crippen LogP contribution in [0.1, 0.15) is 13.8 Å². The van der Waals surface area contributed by atoms with Gasteiger partial charge in [-0.15, -0.1) is 0 Å². The molecular weight excluding hydrogens is 204 g/mol. The number of aromatic amines is 1. The third-order valence-corrected chi connectivity index (χ3v) is 1.63. The Hall–Kier alpha value is -2.10. The van der Waals surface area contributed by atoms with Crippen molar-refractivity contribution in [1.29, 1.82) is 0 Å². The second kappa shape index (κ2) is 6.40. The van der Waals surface area contributed by atoms with Crippen molar-refractivity contribution in [2.75, 3.05) is 0 Å². The summed E-state index contributed by atoms with van der Waals surface area (Å²) in [5.74, 6) is 1.22. The molecule has 0 radical (unpaired) electrons. The minimum absolute atomic E-state index is 0.384. The van der Waals surface area contributed by atoms with Crippen LogP contribution in [0, 0.1) is 0 Å². The van der Waals surface area contributed by atoms with Crippen molar-refractivity contribution in [2.45, 2.75) is 13.8 Å². The maximum Gasteiger partial charge on any atom is 0.345 e. The zero-order valence-electron chi connectivity index (χ0n) is 9.31. The molecule has 0 atom stereocenters. The van der Waals surface area contributed by atoms with Gasteiger partial charge in [-0.05, 0) is 12.1 Å². The van der Waals surface area contributed by atoms with E-state index < -0.39 is 0 Å². The van der Waals surface area contributed by atoms with Gasteiger partial charge in [-0.1, -0.05) is 32.0 Å². The molecule has 0 unspecified atom stereocenters. The van der Waals surface area contributed by atoms with E-state index in [2.05, 4.69) is 9.97 Å². The molecular formula is C12H14N2O2. The smallest absolute Gasteiger partial charge is 0.345 e. The third-order valence-electron chi connectivity index (χ3n) is 1.63. The summed E-state index contributed by atoms with van der Waals surface area (Å²) in [7, 11) is 0. The van der Waals surface area contributed by atoms with Crippen molar-refractivity contribution in [3.63, 3.8) is 0 Å². The van der Waals surface area contributed by atoms with Crippen molar-refractivity contribution in [3.8, 4) is 11.5 Å². The van der Waals surface area contributed by atoms with Gasteiger partial charge in [-0.3, -0.25) is 0 Å². The fourth-order valence-electron chi connectivity index (χ4n) is 1.01. The Morgan fingerprint density at radius 1 is 1.12 bits per heavy atom. The zero-order valence-corrected chi connectivity index (χ0v) is 9.31. The average molecular weight is 218 g/mol. The van der Waals surface area contributed by atoms with E-state index in [9.17, 15) is 4.79 Å². The molecule has 1 N–H and O–H groups in total. The van der Waals surface area contributed by atoms with Gasteiger partial charge in [-0.25, -0.2) is 4.79 Å². The maximum absolute atomic E-state index is 10.7. The van der Waals surface area contributed by atoms with Crippen LogP contribution in [-0.4, -0.2) is 9.97 Å². The molecule has 2 aromatic rings. The largest absolute Gasteiger partial charge is 0.454 e. The van der Waals surface area contributed by atoms with Gasteiger partial charge in [0.1, 0.15) is 5.75 Å². The fraction of sp³-hybridized carbons (Fsp3) is 0.167. The van der Waals surface area contributed by atoms with E-state index in [-0.39, 0.29) is 5.69 Å². The van der Waals surface area contributed by atoms with Gasteiger partial charge in [0, 0.05) is 0 Å². The zero-order chi connectivity index (χ0) is 11.8. The summed E-state index contributed by atoms with van der Waals surface area (Å²) in [4.78, 5) is 16.6. The summed E-state index contributed by atoms with van der Waals surface area (Å²) in [5.41, 5.74) is -0.384. The van der Waals surface area contributed by atoms with Crippen LogP contribution in [0.25, 0.3) is 0 Å². The van der Waals surface area contributed by atoms with Crippen molar-refractivity contribution in [2.24, 2.45) is 0 Å². The number of nitrogens with zero attached hydrogens (tertiary/aromatic N) is 1. The number of hydrogen-bond donors (Lipinski definition) is 1. The Balaban J connectivity index is 0.000000606. The minimum Gasteiger partial charge on any atom is -0.454 e. The van der Waals surface area contributed by atoms with Crippen LogP contribution in [0.2, 0.25) is 0 Å². The summed E-state index contributed by atoms with van der Waals surface area (Å²) in [5, 5.41) is 0. The van der Waals surface area contributed by atoms with Gasteiger partial charge in [0.25, 0.3) is 0 Å². The van der Waals surface area contributed by atoms with E-state index in [4.69, 9.17) is 4.74 Å². The lowest BCUT2D eigenvalue weighted by Gasteiger charge is -2.02. The lowest BCUT2D eigenvalue weighted by atomic mass is 10.3. The number of H-pyrrole nitrogens is 1. The fourth-order valence-corrected chi connectivity index (χ4v) is 1.01. The maximum atomic E-state index is 10.7. The summed E-state index contributed by atoms with van der Waals surface area (Å²) in [6.07, 6.45) is 2.86. The molecule has 1 heterocycles. The van der Waals surface area contributed by atoms with Gasteiger partial charge >= 0.3 is 5.69 Å². The molecule has 0 bridgehead atoms. The molecule has 0 saturated carbocycles. The number of benzene rings is 1. The summed E-state index contributed by atoms with van der Waals surface area (Å²) in [6.45, 7) is 4.00. The average Bonchev–Trinajstić information content (AvgIpc) is 2.36.